The molecule has 1 aliphatic heterocycles. The van der Waals surface area contributed by atoms with Gasteiger partial charge >= 0.3 is 0 Å². The maximum absolute atomic E-state index is 10.7. The van der Waals surface area contributed by atoms with Crippen LogP contribution in [0.15, 0.2) is 0 Å². The predicted molar refractivity (Wildman–Crippen MR) is 39.9 cm³/mol. The molecule has 1 fully saturated rings. The summed E-state index contributed by atoms with van der Waals surface area (Å²) in [7, 11) is -0.624. The zero-order valence-electron chi connectivity index (χ0n) is 5.94. The second-order valence-electron chi connectivity index (χ2n) is 3.13. The molecule has 0 aromatic carbocycles. The summed E-state index contributed by atoms with van der Waals surface area (Å²) in [5, 5.41) is 3.17. The molecule has 9 heavy (non-hydrogen) atoms. The predicted octanol–water partition coefficient (Wildman–Crippen LogP) is -0.0256. The minimum absolute atomic E-state index is 0.333. The number of nitrogens with one attached hydrogen (secondary N) is 1. The Kier molecular flexibility index (Phi) is 1.91. The lowest BCUT2D eigenvalue weighted by Gasteiger charge is -2.38. The van der Waals surface area contributed by atoms with Gasteiger partial charge in [0.25, 0.3) is 0 Å². The van der Waals surface area contributed by atoms with Crippen LogP contribution in [0.5, 0.6) is 0 Å². The Morgan fingerprint density at radius 1 is 1.67 bits per heavy atom. The first-order chi connectivity index (χ1) is 4.12. The molecule has 0 saturated carbocycles. The molecule has 54 valence electrons. The zero-order chi connectivity index (χ0) is 6.91. The van der Waals surface area contributed by atoms with E-state index in [9.17, 15) is 4.21 Å². The Bertz CT molecular complexity index is 131. The Morgan fingerprint density at radius 3 is 2.33 bits per heavy atom. The molecule has 3 heteroatoms. The van der Waals surface area contributed by atoms with Gasteiger partial charge in [-0.1, -0.05) is 6.92 Å². The van der Waals surface area contributed by atoms with Crippen molar-refractivity contribution in [1.29, 1.82) is 0 Å². The monoisotopic (exact) mass is 147 g/mol. The van der Waals surface area contributed by atoms with E-state index >= 15 is 0 Å². The van der Waals surface area contributed by atoms with E-state index in [4.69, 9.17) is 0 Å². The quantitative estimate of drug-likeness (QED) is 0.594. The van der Waals surface area contributed by atoms with Crippen LogP contribution < -0.4 is 5.32 Å². The molecular weight excluding hydrogens is 134 g/mol. The minimum atomic E-state index is -0.624. The molecule has 0 aromatic heterocycles. The molecule has 0 bridgehead atoms. The first kappa shape index (κ1) is 7.22. The van der Waals surface area contributed by atoms with Crippen LogP contribution in [0.3, 0.4) is 0 Å². The van der Waals surface area contributed by atoms with Crippen LogP contribution in [0, 0.1) is 5.41 Å². The van der Waals surface area contributed by atoms with E-state index in [-0.39, 0.29) is 0 Å². The van der Waals surface area contributed by atoms with Crippen molar-refractivity contribution in [3.8, 4) is 0 Å². The van der Waals surface area contributed by atoms with Crippen molar-refractivity contribution in [3.05, 3.63) is 0 Å². The Labute approximate surface area is 58.5 Å². The minimum Gasteiger partial charge on any atom is -0.315 e. The van der Waals surface area contributed by atoms with Crippen molar-refractivity contribution in [2.24, 2.45) is 5.41 Å². The SMILES string of the molecule is CS(=O)CC1(C)CNC1. The van der Waals surface area contributed by atoms with E-state index in [1.165, 1.54) is 0 Å². The lowest BCUT2D eigenvalue weighted by molar-refractivity contribution is 0.231. The Hall–Kier alpha value is 0.110. The van der Waals surface area contributed by atoms with E-state index in [2.05, 4.69) is 12.2 Å². The molecule has 0 aliphatic carbocycles. The largest absolute Gasteiger partial charge is 0.315 e. The van der Waals surface area contributed by atoms with Crippen molar-refractivity contribution in [3.63, 3.8) is 0 Å². The first-order valence-corrected chi connectivity index (χ1v) is 4.86. The van der Waals surface area contributed by atoms with Gasteiger partial charge in [-0.15, -0.1) is 0 Å². The van der Waals surface area contributed by atoms with Crippen molar-refractivity contribution >= 4 is 10.8 Å². The van der Waals surface area contributed by atoms with Crippen LogP contribution in [-0.4, -0.2) is 29.3 Å². The van der Waals surface area contributed by atoms with Gasteiger partial charge in [0.1, 0.15) is 0 Å². The van der Waals surface area contributed by atoms with Crippen molar-refractivity contribution in [2.45, 2.75) is 6.92 Å². The lowest BCUT2D eigenvalue weighted by atomic mass is 9.87. The Morgan fingerprint density at radius 2 is 2.22 bits per heavy atom. The molecule has 1 saturated heterocycles. The van der Waals surface area contributed by atoms with E-state index in [0.717, 1.165) is 18.8 Å². The summed E-state index contributed by atoms with van der Waals surface area (Å²) < 4.78 is 10.7. The average Bonchev–Trinajstić information content (AvgIpc) is 1.60. The second-order valence-corrected chi connectivity index (χ2v) is 4.57. The molecule has 0 radical (unpaired) electrons. The summed E-state index contributed by atoms with van der Waals surface area (Å²) in [6.45, 7) is 4.24. The van der Waals surface area contributed by atoms with Crippen molar-refractivity contribution in [1.82, 2.24) is 5.32 Å². The van der Waals surface area contributed by atoms with Gasteiger partial charge < -0.3 is 5.32 Å². The molecular formula is C6H13NOS. The van der Waals surface area contributed by atoms with Crippen molar-refractivity contribution in [2.75, 3.05) is 25.1 Å². The van der Waals surface area contributed by atoms with Crippen LogP contribution in [0.1, 0.15) is 6.92 Å². The highest BCUT2D eigenvalue weighted by Gasteiger charge is 2.32. The van der Waals surface area contributed by atoms with Crippen molar-refractivity contribution < 1.29 is 4.21 Å². The number of rotatable bonds is 2. The summed E-state index contributed by atoms with van der Waals surface area (Å²) >= 11 is 0. The summed E-state index contributed by atoms with van der Waals surface area (Å²) in [6, 6.07) is 0. The standard InChI is InChI=1S/C6H13NOS/c1-6(3-7-4-6)5-9(2)8/h7H,3-5H2,1-2H3. The van der Waals surface area contributed by atoms with E-state index in [1.807, 2.05) is 0 Å². The van der Waals surface area contributed by atoms with E-state index < -0.39 is 10.8 Å². The highest BCUT2D eigenvalue weighted by molar-refractivity contribution is 7.84. The first-order valence-electron chi connectivity index (χ1n) is 3.13. The van der Waals surface area contributed by atoms with Crippen LogP contribution in [0.2, 0.25) is 0 Å². The van der Waals surface area contributed by atoms with Crippen LogP contribution >= 0.6 is 0 Å². The summed E-state index contributed by atoms with van der Waals surface area (Å²) in [5.41, 5.74) is 0.333. The molecule has 1 atom stereocenters. The highest BCUT2D eigenvalue weighted by atomic mass is 32.2. The molecule has 1 N–H and O–H groups in total. The lowest BCUT2D eigenvalue weighted by Crippen LogP contribution is -2.54. The normalized spacial score (nSPS) is 26.9. The van der Waals surface area contributed by atoms with Gasteiger partial charge in [0.2, 0.25) is 0 Å². The molecule has 2 nitrogen and oxygen atoms in total. The maximum atomic E-state index is 10.7. The van der Waals surface area contributed by atoms with Crippen LogP contribution in [0.4, 0.5) is 0 Å². The summed E-state index contributed by atoms with van der Waals surface area (Å²) in [5.74, 6) is 0.847. The van der Waals surface area contributed by atoms with Gasteiger partial charge in [-0.3, -0.25) is 4.21 Å². The van der Waals surface area contributed by atoms with Gasteiger partial charge in [-0.2, -0.15) is 0 Å². The number of hydrogen-bond acceptors (Lipinski definition) is 2. The van der Waals surface area contributed by atoms with Gasteiger partial charge in [0.15, 0.2) is 0 Å². The molecule has 1 unspecified atom stereocenters. The Balaban J connectivity index is 2.33. The van der Waals surface area contributed by atoms with E-state index in [1.54, 1.807) is 6.26 Å². The molecule has 1 heterocycles. The van der Waals surface area contributed by atoms with Gasteiger partial charge in [0.05, 0.1) is 0 Å². The van der Waals surface area contributed by atoms with Gasteiger partial charge in [-0.25, -0.2) is 0 Å². The summed E-state index contributed by atoms with van der Waals surface area (Å²) in [6.07, 6.45) is 1.77. The fourth-order valence-corrected chi connectivity index (χ4v) is 2.33. The molecule has 0 spiro atoms. The van der Waals surface area contributed by atoms with E-state index in [0.29, 0.717) is 5.41 Å². The molecule has 0 amide bonds. The van der Waals surface area contributed by atoms with Gasteiger partial charge in [-0.05, 0) is 0 Å². The molecule has 1 rings (SSSR count). The van der Waals surface area contributed by atoms with Gasteiger partial charge in [0, 0.05) is 41.3 Å². The average molecular weight is 147 g/mol. The molecule has 1 aliphatic rings. The van der Waals surface area contributed by atoms with Crippen LogP contribution in [-0.2, 0) is 10.8 Å². The summed E-state index contributed by atoms with van der Waals surface area (Å²) in [4.78, 5) is 0. The third kappa shape index (κ3) is 1.76. The third-order valence-electron chi connectivity index (χ3n) is 1.66. The third-order valence-corrected chi connectivity index (χ3v) is 2.76. The fraction of sp³-hybridized carbons (Fsp3) is 1.00. The number of hydrogen-bond donors (Lipinski definition) is 1. The smallest absolute Gasteiger partial charge is 0.0310 e. The fourth-order valence-electron chi connectivity index (χ4n) is 1.14. The highest BCUT2D eigenvalue weighted by Crippen LogP contribution is 2.21. The topological polar surface area (TPSA) is 29.1 Å². The molecule has 0 aromatic rings. The van der Waals surface area contributed by atoms with Crippen LogP contribution in [0.25, 0.3) is 0 Å². The zero-order valence-corrected chi connectivity index (χ0v) is 6.75. The maximum Gasteiger partial charge on any atom is 0.0310 e. The second kappa shape index (κ2) is 2.39.